The number of fused-ring (bicyclic) bond motifs is 1. The van der Waals surface area contributed by atoms with Gasteiger partial charge in [-0.3, -0.25) is 29.3 Å². The predicted octanol–water partition coefficient (Wildman–Crippen LogP) is 4.14. The molecule has 3 aromatic rings. The highest BCUT2D eigenvalue weighted by molar-refractivity contribution is 7.91. The fraction of sp³-hybridized carbons (Fsp3) is 0.432. The maximum atomic E-state index is 14.3. The lowest BCUT2D eigenvalue weighted by Gasteiger charge is -2.34. The van der Waals surface area contributed by atoms with Crippen LogP contribution in [0, 0.1) is 11.3 Å². The van der Waals surface area contributed by atoms with Crippen LogP contribution in [0.4, 0.5) is 5.69 Å². The molecular formula is C37H42ClN5O9S. The first-order chi connectivity index (χ1) is 25.0. The molecule has 6 rings (SSSR count). The number of anilines is 1. The Kier molecular flexibility index (Phi) is 10.2. The summed E-state index contributed by atoms with van der Waals surface area (Å²) in [6, 6.07) is 8.96. The number of imide groups is 1. The van der Waals surface area contributed by atoms with E-state index in [0.717, 1.165) is 0 Å². The predicted molar refractivity (Wildman–Crippen MR) is 197 cm³/mol. The van der Waals surface area contributed by atoms with Crippen LogP contribution in [0.2, 0.25) is 5.02 Å². The van der Waals surface area contributed by atoms with Gasteiger partial charge in [0.1, 0.15) is 23.4 Å². The number of likely N-dealkylation sites (tertiary alicyclic amines) is 1. The molecule has 282 valence electrons. The second-order valence-corrected chi connectivity index (χ2v) is 17.2. The number of carboxylic acids is 1. The zero-order valence-corrected chi connectivity index (χ0v) is 31.3. The van der Waals surface area contributed by atoms with E-state index in [1.165, 1.54) is 37.6 Å². The van der Waals surface area contributed by atoms with Crippen molar-refractivity contribution in [2.24, 2.45) is 11.3 Å². The van der Waals surface area contributed by atoms with Crippen LogP contribution >= 0.6 is 11.6 Å². The Morgan fingerprint density at radius 1 is 1.11 bits per heavy atom. The molecule has 0 spiro atoms. The molecule has 3 amide bonds. The summed E-state index contributed by atoms with van der Waals surface area (Å²) < 4.78 is 40.0. The molecule has 2 aromatic carbocycles. The third-order valence-electron chi connectivity index (χ3n) is 10.0. The lowest BCUT2D eigenvalue weighted by Crippen LogP contribution is -2.59. The molecule has 1 saturated heterocycles. The quantitative estimate of drug-likeness (QED) is 0.182. The lowest BCUT2D eigenvalue weighted by atomic mass is 9.85. The first-order valence-electron chi connectivity index (χ1n) is 17.2. The number of aromatic nitrogens is 1. The number of pyridine rings is 1. The molecule has 4 N–H and O–H groups in total. The Labute approximate surface area is 312 Å². The SMILES string of the molecule is C=C[C@@H]1C[C@@]1(C(=O)NS(=O)(=O)C1CC1)N1C[C@H](Oc2ncc(OC)c3ccc(Cl)cc23)C[C@H]1C(=O)NC(=O)[C@@H](Nc1ccc(C(=O)O)cc1)C(C)(C)C. The van der Waals surface area contributed by atoms with Crippen molar-refractivity contribution in [3.8, 4) is 11.6 Å². The highest BCUT2D eigenvalue weighted by atomic mass is 35.5. The first kappa shape index (κ1) is 38.0. The Morgan fingerprint density at radius 2 is 1.81 bits per heavy atom. The third kappa shape index (κ3) is 7.69. The van der Waals surface area contributed by atoms with Crippen LogP contribution in [0.15, 0.2) is 61.3 Å². The van der Waals surface area contributed by atoms with Gasteiger partial charge in [-0.1, -0.05) is 38.4 Å². The summed E-state index contributed by atoms with van der Waals surface area (Å²) in [5, 5.41) is 16.0. The zero-order chi connectivity index (χ0) is 38.5. The second-order valence-electron chi connectivity index (χ2n) is 14.8. The summed E-state index contributed by atoms with van der Waals surface area (Å²) in [6.45, 7) is 9.31. The number of halogens is 1. The number of sulfonamides is 1. The number of aromatic carboxylic acids is 1. The van der Waals surface area contributed by atoms with Gasteiger partial charge >= 0.3 is 5.97 Å². The Hall–Kier alpha value is -4.73. The molecule has 3 fully saturated rings. The molecule has 0 radical (unpaired) electrons. The molecule has 2 saturated carbocycles. The minimum atomic E-state index is -3.93. The summed E-state index contributed by atoms with van der Waals surface area (Å²) in [6.07, 6.45) is 3.46. The number of benzene rings is 2. The normalized spacial score (nSPS) is 23.5. The molecule has 53 heavy (non-hydrogen) atoms. The number of nitrogens with one attached hydrogen (secondary N) is 3. The molecule has 2 aliphatic carbocycles. The number of carbonyl (C=O) groups is 4. The van der Waals surface area contributed by atoms with E-state index in [4.69, 9.17) is 21.1 Å². The number of nitrogens with zero attached hydrogens (tertiary/aromatic N) is 2. The van der Waals surface area contributed by atoms with E-state index >= 15 is 0 Å². The van der Waals surface area contributed by atoms with E-state index in [0.29, 0.717) is 40.1 Å². The van der Waals surface area contributed by atoms with E-state index < -0.39 is 74.0 Å². The molecule has 3 aliphatic rings. The first-order valence-corrected chi connectivity index (χ1v) is 19.1. The monoisotopic (exact) mass is 767 g/mol. The molecular weight excluding hydrogens is 726 g/mol. The summed E-state index contributed by atoms with van der Waals surface area (Å²) in [5.41, 5.74) is -1.63. The van der Waals surface area contributed by atoms with Gasteiger partial charge in [-0.25, -0.2) is 18.2 Å². The van der Waals surface area contributed by atoms with Crippen molar-refractivity contribution >= 4 is 61.8 Å². The largest absolute Gasteiger partial charge is 0.494 e. The molecule has 2 heterocycles. The zero-order valence-electron chi connectivity index (χ0n) is 29.7. The number of methoxy groups -OCH3 is 1. The lowest BCUT2D eigenvalue weighted by molar-refractivity contribution is -0.136. The van der Waals surface area contributed by atoms with Gasteiger partial charge in [-0.05, 0) is 67.1 Å². The summed E-state index contributed by atoms with van der Waals surface area (Å²) in [5.74, 6) is -3.01. The number of hydrogen-bond acceptors (Lipinski definition) is 11. The van der Waals surface area contributed by atoms with Gasteiger partial charge in [0.15, 0.2) is 0 Å². The maximum absolute atomic E-state index is 14.3. The summed E-state index contributed by atoms with van der Waals surface area (Å²) in [4.78, 5) is 59.5. The molecule has 16 heteroatoms. The van der Waals surface area contributed by atoms with E-state index in [1.54, 1.807) is 29.2 Å². The maximum Gasteiger partial charge on any atom is 0.335 e. The van der Waals surface area contributed by atoms with E-state index in [9.17, 15) is 32.7 Å². The minimum Gasteiger partial charge on any atom is -0.494 e. The Bertz CT molecular complexity index is 2080. The van der Waals surface area contributed by atoms with Crippen LogP contribution in [-0.4, -0.2) is 89.7 Å². The van der Waals surface area contributed by atoms with Crippen LogP contribution in [0.1, 0.15) is 56.8 Å². The van der Waals surface area contributed by atoms with Crippen LogP contribution < -0.4 is 24.8 Å². The van der Waals surface area contributed by atoms with Crippen LogP contribution in [0.25, 0.3) is 10.8 Å². The number of carbonyl (C=O) groups excluding carboxylic acids is 3. The number of hydrogen-bond donors (Lipinski definition) is 4. The Morgan fingerprint density at radius 3 is 2.40 bits per heavy atom. The fourth-order valence-corrected chi connectivity index (χ4v) is 8.47. The van der Waals surface area contributed by atoms with Crippen molar-refractivity contribution in [1.82, 2.24) is 19.9 Å². The van der Waals surface area contributed by atoms with Crippen molar-refractivity contribution in [3.63, 3.8) is 0 Å². The minimum absolute atomic E-state index is 0.0140. The molecule has 0 unspecified atom stereocenters. The number of ether oxygens (including phenoxy) is 2. The van der Waals surface area contributed by atoms with Gasteiger partial charge in [0.05, 0.1) is 30.2 Å². The van der Waals surface area contributed by atoms with Crippen molar-refractivity contribution in [2.45, 2.75) is 75.4 Å². The molecule has 1 aromatic heterocycles. The molecule has 0 bridgehead atoms. The van der Waals surface area contributed by atoms with E-state index in [-0.39, 0.29) is 30.8 Å². The fourth-order valence-electron chi connectivity index (χ4n) is 6.94. The summed E-state index contributed by atoms with van der Waals surface area (Å²) >= 11 is 6.33. The third-order valence-corrected chi connectivity index (χ3v) is 12.1. The molecule has 14 nitrogen and oxygen atoms in total. The van der Waals surface area contributed by atoms with E-state index in [2.05, 4.69) is 26.9 Å². The van der Waals surface area contributed by atoms with Gasteiger partial charge in [-0.15, -0.1) is 6.58 Å². The number of rotatable bonds is 13. The van der Waals surface area contributed by atoms with Gasteiger partial charge in [0, 0.05) is 40.4 Å². The Balaban J connectivity index is 1.30. The number of carboxylic acid groups (broad SMARTS) is 1. The van der Waals surface area contributed by atoms with Crippen LogP contribution in [-0.2, 0) is 24.4 Å². The summed E-state index contributed by atoms with van der Waals surface area (Å²) in [7, 11) is -2.42. The average Bonchev–Trinajstić information content (AvgIpc) is 4.03. The standard InChI is InChI=1S/C37H42ClN5O9S/c1-6-21-17-37(21,35(48)42-53(49,50)25-12-13-25)43-19-24(52-33-27-15-22(38)9-14-26(27)29(51-5)18-39-33)16-28(43)31(44)41-32(45)30(36(2,3)4)40-23-10-7-20(8-11-23)34(46)47/h6-11,14-15,18,21,24-25,28,30,40H,1,12-13,16-17,19H2,2-5H3,(H,42,48)(H,46,47)(H,41,44,45)/t21-,24-,28+,30-,37-/m1/s1. The van der Waals surface area contributed by atoms with Crippen molar-refractivity contribution in [1.29, 1.82) is 0 Å². The van der Waals surface area contributed by atoms with E-state index in [1.807, 2.05) is 20.8 Å². The van der Waals surface area contributed by atoms with Gasteiger partial charge < -0.3 is 19.9 Å². The highest BCUT2D eigenvalue weighted by Gasteiger charge is 2.67. The highest BCUT2D eigenvalue weighted by Crippen LogP contribution is 2.53. The van der Waals surface area contributed by atoms with Gasteiger partial charge in [-0.2, -0.15) is 0 Å². The van der Waals surface area contributed by atoms with Crippen LogP contribution in [0.3, 0.4) is 0 Å². The topological polar surface area (TPSA) is 193 Å². The number of amides is 3. The van der Waals surface area contributed by atoms with Crippen molar-refractivity contribution in [3.05, 3.63) is 71.9 Å². The smallest absolute Gasteiger partial charge is 0.335 e. The molecule has 1 aliphatic heterocycles. The van der Waals surface area contributed by atoms with Crippen LogP contribution in [0.5, 0.6) is 11.6 Å². The average molecular weight is 768 g/mol. The van der Waals surface area contributed by atoms with Crippen molar-refractivity contribution < 1.29 is 42.2 Å². The van der Waals surface area contributed by atoms with Gasteiger partial charge in [0.2, 0.25) is 27.7 Å². The second kappa shape index (κ2) is 14.3. The van der Waals surface area contributed by atoms with Gasteiger partial charge in [0.25, 0.3) is 5.91 Å². The molecule has 5 atom stereocenters. The van der Waals surface area contributed by atoms with Crippen molar-refractivity contribution in [2.75, 3.05) is 19.0 Å².